The molecule has 2 atom stereocenters. The van der Waals surface area contributed by atoms with Crippen LogP contribution >= 0.6 is 23.2 Å². The van der Waals surface area contributed by atoms with Crippen LogP contribution < -0.4 is 5.32 Å². The fourth-order valence-electron chi connectivity index (χ4n) is 1.64. The highest BCUT2D eigenvalue weighted by atomic mass is 35.5. The third kappa shape index (κ3) is 4.51. The van der Waals surface area contributed by atoms with Crippen LogP contribution in [0.1, 0.15) is 32.8 Å². The van der Waals surface area contributed by atoms with E-state index in [0.717, 1.165) is 12.0 Å². The highest BCUT2D eigenvalue weighted by Gasteiger charge is 2.13. The molecule has 1 amide bonds. The Hall–Kier alpha value is -0.730. The first-order valence-electron chi connectivity index (χ1n) is 6.17. The summed E-state index contributed by atoms with van der Waals surface area (Å²) >= 11 is 11.7. The summed E-state index contributed by atoms with van der Waals surface area (Å²) in [5.74, 6) is 0.490. The molecule has 100 valence electrons. The Kier molecular flexibility index (Phi) is 5.97. The van der Waals surface area contributed by atoms with Gasteiger partial charge in [-0.15, -0.1) is 0 Å². The summed E-state index contributed by atoms with van der Waals surface area (Å²) in [6, 6.07) is 5.45. The van der Waals surface area contributed by atoms with Gasteiger partial charge >= 0.3 is 0 Å². The zero-order chi connectivity index (χ0) is 13.7. The van der Waals surface area contributed by atoms with Crippen LogP contribution in [-0.4, -0.2) is 11.9 Å². The predicted octanol–water partition coefficient (Wildman–Crippen LogP) is 4.09. The third-order valence-electron chi connectivity index (χ3n) is 3.23. The molecule has 18 heavy (non-hydrogen) atoms. The van der Waals surface area contributed by atoms with Gasteiger partial charge in [0.05, 0.1) is 16.5 Å². The van der Waals surface area contributed by atoms with Gasteiger partial charge in [0.25, 0.3) is 0 Å². The Balaban J connectivity index is 2.57. The average molecular weight is 288 g/mol. The summed E-state index contributed by atoms with van der Waals surface area (Å²) < 4.78 is 0. The van der Waals surface area contributed by atoms with Crippen molar-refractivity contribution >= 4 is 29.1 Å². The van der Waals surface area contributed by atoms with E-state index < -0.39 is 0 Å². The van der Waals surface area contributed by atoms with Gasteiger partial charge in [-0.25, -0.2) is 0 Å². The molecule has 0 bridgehead atoms. The Bertz CT molecular complexity index is 420. The molecule has 0 heterocycles. The number of halogens is 2. The number of hydrogen-bond donors (Lipinski definition) is 1. The normalized spacial score (nSPS) is 14.1. The van der Waals surface area contributed by atoms with Gasteiger partial charge in [0.15, 0.2) is 0 Å². The fourth-order valence-corrected chi connectivity index (χ4v) is 1.96. The van der Waals surface area contributed by atoms with Gasteiger partial charge in [0.2, 0.25) is 5.91 Å². The number of amides is 1. The van der Waals surface area contributed by atoms with Gasteiger partial charge < -0.3 is 5.32 Å². The van der Waals surface area contributed by atoms with Crippen LogP contribution in [0.2, 0.25) is 10.0 Å². The zero-order valence-electron chi connectivity index (χ0n) is 11.0. The van der Waals surface area contributed by atoms with Crippen LogP contribution in [-0.2, 0) is 11.2 Å². The van der Waals surface area contributed by atoms with E-state index in [4.69, 9.17) is 23.2 Å². The first kappa shape index (κ1) is 15.3. The Labute approximate surface area is 119 Å². The summed E-state index contributed by atoms with van der Waals surface area (Å²) in [5.41, 5.74) is 0.873. The molecule has 0 saturated heterocycles. The lowest BCUT2D eigenvalue weighted by atomic mass is 10.0. The number of carbonyl (C=O) groups is 1. The van der Waals surface area contributed by atoms with Crippen molar-refractivity contribution < 1.29 is 4.79 Å². The second-order valence-corrected chi connectivity index (χ2v) is 5.48. The molecule has 0 aliphatic rings. The van der Waals surface area contributed by atoms with Crippen LogP contribution in [0.15, 0.2) is 18.2 Å². The maximum absolute atomic E-state index is 11.9. The van der Waals surface area contributed by atoms with Gasteiger partial charge in [-0.3, -0.25) is 4.79 Å². The van der Waals surface area contributed by atoms with E-state index in [1.807, 2.05) is 13.0 Å². The lowest BCUT2D eigenvalue weighted by Crippen LogP contribution is -2.37. The van der Waals surface area contributed by atoms with Crippen molar-refractivity contribution in [2.24, 2.45) is 5.92 Å². The van der Waals surface area contributed by atoms with Crippen molar-refractivity contribution in [1.29, 1.82) is 0 Å². The van der Waals surface area contributed by atoms with E-state index in [9.17, 15) is 4.79 Å². The minimum Gasteiger partial charge on any atom is -0.353 e. The van der Waals surface area contributed by atoms with Gasteiger partial charge in [0.1, 0.15) is 0 Å². The van der Waals surface area contributed by atoms with Crippen LogP contribution in [0.3, 0.4) is 0 Å². The maximum Gasteiger partial charge on any atom is 0.224 e. The van der Waals surface area contributed by atoms with E-state index in [2.05, 4.69) is 19.2 Å². The summed E-state index contributed by atoms with van der Waals surface area (Å²) in [6.45, 7) is 6.28. The monoisotopic (exact) mass is 287 g/mol. The van der Waals surface area contributed by atoms with Crippen molar-refractivity contribution in [2.75, 3.05) is 0 Å². The van der Waals surface area contributed by atoms with Gasteiger partial charge in [-0.05, 0) is 30.5 Å². The summed E-state index contributed by atoms with van der Waals surface area (Å²) in [7, 11) is 0. The third-order valence-corrected chi connectivity index (χ3v) is 3.97. The fraction of sp³-hybridized carbons (Fsp3) is 0.500. The molecular formula is C14H19Cl2NO. The van der Waals surface area contributed by atoms with E-state index in [1.165, 1.54) is 0 Å². The molecule has 2 nitrogen and oxygen atoms in total. The number of carbonyl (C=O) groups excluding carboxylic acids is 1. The van der Waals surface area contributed by atoms with Crippen molar-refractivity contribution in [1.82, 2.24) is 5.32 Å². The molecule has 4 heteroatoms. The average Bonchev–Trinajstić information content (AvgIpc) is 2.32. The Morgan fingerprint density at radius 2 is 1.94 bits per heavy atom. The summed E-state index contributed by atoms with van der Waals surface area (Å²) in [6.07, 6.45) is 1.38. The minimum atomic E-state index is 0.0150. The number of benzene rings is 1. The number of hydrogen-bond acceptors (Lipinski definition) is 1. The molecule has 0 fully saturated rings. The molecule has 1 N–H and O–H groups in total. The maximum atomic E-state index is 11.9. The molecule has 0 aromatic heterocycles. The van der Waals surface area contributed by atoms with E-state index >= 15 is 0 Å². The Morgan fingerprint density at radius 3 is 2.50 bits per heavy atom. The van der Waals surface area contributed by atoms with Crippen molar-refractivity contribution in [3.8, 4) is 0 Å². The molecule has 1 rings (SSSR count). The highest BCUT2D eigenvalue weighted by Crippen LogP contribution is 2.22. The molecule has 0 spiro atoms. The smallest absolute Gasteiger partial charge is 0.224 e. The van der Waals surface area contributed by atoms with Gasteiger partial charge in [-0.1, -0.05) is 49.5 Å². The predicted molar refractivity (Wildman–Crippen MR) is 77.2 cm³/mol. The lowest BCUT2D eigenvalue weighted by Gasteiger charge is -2.19. The van der Waals surface area contributed by atoms with Crippen LogP contribution in [0.4, 0.5) is 0 Å². The number of nitrogens with one attached hydrogen (secondary N) is 1. The quantitative estimate of drug-likeness (QED) is 0.868. The topological polar surface area (TPSA) is 29.1 Å². The second kappa shape index (κ2) is 7.01. The van der Waals surface area contributed by atoms with E-state index in [1.54, 1.807) is 12.1 Å². The molecule has 0 aliphatic heterocycles. The molecule has 1 aromatic rings. The van der Waals surface area contributed by atoms with Crippen molar-refractivity contribution in [3.63, 3.8) is 0 Å². The first-order chi connectivity index (χ1) is 8.43. The Morgan fingerprint density at radius 1 is 1.28 bits per heavy atom. The minimum absolute atomic E-state index is 0.0150. The zero-order valence-corrected chi connectivity index (χ0v) is 12.5. The standard InChI is InChI=1S/C14H19Cl2NO/c1-4-9(2)10(3)17-14(18)8-11-5-6-12(15)13(16)7-11/h5-7,9-10H,4,8H2,1-3H3,(H,17,18). The SMILES string of the molecule is CCC(C)C(C)NC(=O)Cc1ccc(Cl)c(Cl)c1. The molecule has 0 aliphatic carbocycles. The summed E-state index contributed by atoms with van der Waals surface area (Å²) in [4.78, 5) is 11.9. The molecular weight excluding hydrogens is 269 g/mol. The second-order valence-electron chi connectivity index (χ2n) is 4.67. The summed E-state index contributed by atoms with van der Waals surface area (Å²) in [5, 5.41) is 3.99. The first-order valence-corrected chi connectivity index (χ1v) is 6.93. The van der Waals surface area contributed by atoms with Crippen LogP contribution in [0, 0.1) is 5.92 Å². The van der Waals surface area contributed by atoms with E-state index in [-0.39, 0.29) is 11.9 Å². The van der Waals surface area contributed by atoms with Crippen LogP contribution in [0.25, 0.3) is 0 Å². The van der Waals surface area contributed by atoms with Gasteiger partial charge in [-0.2, -0.15) is 0 Å². The van der Waals surface area contributed by atoms with Crippen LogP contribution in [0.5, 0.6) is 0 Å². The molecule has 0 saturated carbocycles. The van der Waals surface area contributed by atoms with Crippen molar-refractivity contribution in [2.45, 2.75) is 39.7 Å². The largest absolute Gasteiger partial charge is 0.353 e. The number of rotatable bonds is 5. The molecule has 1 aromatic carbocycles. The molecule has 2 unspecified atom stereocenters. The lowest BCUT2D eigenvalue weighted by molar-refractivity contribution is -0.121. The highest BCUT2D eigenvalue weighted by molar-refractivity contribution is 6.42. The van der Waals surface area contributed by atoms with E-state index in [0.29, 0.717) is 22.4 Å². The van der Waals surface area contributed by atoms with Gasteiger partial charge in [0, 0.05) is 6.04 Å². The molecule has 0 radical (unpaired) electrons. The van der Waals surface area contributed by atoms with Crippen molar-refractivity contribution in [3.05, 3.63) is 33.8 Å².